The van der Waals surface area contributed by atoms with Gasteiger partial charge in [-0.2, -0.15) is 0 Å². The number of unbranched alkanes of at least 4 members (excludes halogenated alkanes) is 28. The van der Waals surface area contributed by atoms with Crippen molar-refractivity contribution in [2.45, 2.75) is 270 Å². The number of aromatic nitrogens is 4. The molecule has 2 aliphatic rings. The summed E-state index contributed by atoms with van der Waals surface area (Å²) in [7, 11) is 0. The van der Waals surface area contributed by atoms with Crippen molar-refractivity contribution in [2.75, 3.05) is 0 Å². The molecule has 12 aromatic rings. The van der Waals surface area contributed by atoms with Gasteiger partial charge in [-0.15, -0.1) is 0 Å². The maximum absolute atomic E-state index is 5.63. The fourth-order valence-electron chi connectivity index (χ4n) is 18.4. The van der Waals surface area contributed by atoms with E-state index in [0.29, 0.717) is 0 Å². The van der Waals surface area contributed by atoms with E-state index in [-0.39, 0.29) is 10.8 Å². The molecule has 0 amide bonds. The third-order valence-electron chi connectivity index (χ3n) is 23.7. The van der Waals surface area contributed by atoms with Gasteiger partial charge < -0.3 is 9.13 Å². The number of nitrogens with zero attached hydrogens (tertiary/aromatic N) is 4. The normalized spacial score (nSPS) is 13.6. The topological polar surface area (TPSA) is 35.6 Å². The highest BCUT2D eigenvalue weighted by atomic mass is 32.1. The van der Waals surface area contributed by atoms with E-state index >= 15 is 0 Å². The van der Waals surface area contributed by atoms with Gasteiger partial charge in [0.2, 0.25) is 0 Å². The number of para-hydroxylation sites is 4. The minimum atomic E-state index is -0.0997. The highest BCUT2D eigenvalue weighted by molar-refractivity contribution is 7.29. The smallest absolute Gasteiger partial charge is 0.155 e. The van der Waals surface area contributed by atoms with Crippen LogP contribution in [0.15, 0.2) is 170 Å². The lowest BCUT2D eigenvalue weighted by atomic mass is 9.70. The zero-order valence-corrected chi connectivity index (χ0v) is 62.9. The molecule has 8 aromatic carbocycles. The molecule has 4 heterocycles. The summed E-state index contributed by atoms with van der Waals surface area (Å²) in [6.45, 7) is 9.34. The molecule has 4 aromatic heterocycles. The van der Waals surface area contributed by atoms with Crippen LogP contribution >= 0.6 is 22.7 Å². The van der Waals surface area contributed by atoms with Crippen molar-refractivity contribution in [1.29, 1.82) is 0 Å². The van der Waals surface area contributed by atoms with Crippen molar-refractivity contribution in [2.24, 2.45) is 0 Å². The summed E-state index contributed by atoms with van der Waals surface area (Å²) in [6.07, 6.45) is 47.1. The van der Waals surface area contributed by atoms with Crippen molar-refractivity contribution in [3.05, 3.63) is 192 Å². The summed E-state index contributed by atoms with van der Waals surface area (Å²) in [5.41, 5.74) is 21.8. The predicted molar refractivity (Wildman–Crippen MR) is 436 cm³/mol. The first-order valence-corrected chi connectivity index (χ1v) is 41.9. The number of rotatable bonds is 40. The van der Waals surface area contributed by atoms with Gasteiger partial charge in [-0.3, -0.25) is 0 Å². The largest absolute Gasteiger partial charge is 0.309 e. The van der Waals surface area contributed by atoms with Gasteiger partial charge in [0, 0.05) is 54.9 Å². The molecule has 0 bridgehead atoms. The lowest BCUT2D eigenvalue weighted by molar-refractivity contribution is 0.397. The molecule has 0 fully saturated rings. The van der Waals surface area contributed by atoms with Gasteiger partial charge in [-0.1, -0.05) is 365 Å². The summed E-state index contributed by atoms with van der Waals surface area (Å²) >= 11 is 3.61. The first-order valence-electron chi connectivity index (χ1n) is 40.3. The van der Waals surface area contributed by atoms with Crippen LogP contribution in [0.2, 0.25) is 0 Å². The Balaban J connectivity index is 0.816. The highest BCUT2D eigenvalue weighted by Gasteiger charge is 2.45. The molecule has 4 nitrogen and oxygen atoms in total. The van der Waals surface area contributed by atoms with E-state index in [1.54, 1.807) is 22.7 Å². The first-order chi connectivity index (χ1) is 49.5. The standard InChI is InChI=1S/C94H112N4S2/c1-5-9-13-17-21-25-29-41-61-93(62-42-30-26-22-18-14-10-6-2)81-65-69(53-57-73(81)75-59-55-71(67-83(75)93)97-85-49-37-33-45-77(85)78-46-34-38-50-86(78)97)89-95-91-92(99-89)96-90(100-91)70-54-58-74-76-60-56-72(98-87-51-39-35-47-79(87)80-48-36-40-52-88(80)98)68-84(76)94(82(74)66-70,63-43-31-27-23-19-15-11-7-3)64-44-32-28-24-20-16-12-8-4/h33-40,45-60,65-68H,5-32,41-44,61-64H2,1-4H3. The lowest BCUT2D eigenvalue weighted by Gasteiger charge is -2.33. The average molecular weight is 1360 g/mol. The quantitative estimate of drug-likeness (QED) is 0.0359. The van der Waals surface area contributed by atoms with Crippen LogP contribution in [0.1, 0.15) is 281 Å². The van der Waals surface area contributed by atoms with E-state index in [1.807, 2.05) is 0 Å². The minimum absolute atomic E-state index is 0.0997. The predicted octanol–water partition coefficient (Wildman–Crippen LogP) is 29.9. The van der Waals surface area contributed by atoms with Gasteiger partial charge in [-0.05, 0) is 131 Å². The molecule has 0 saturated heterocycles. The van der Waals surface area contributed by atoms with Crippen molar-refractivity contribution in [3.63, 3.8) is 0 Å². The molecule has 0 N–H and O–H groups in total. The molecule has 0 radical (unpaired) electrons. The van der Waals surface area contributed by atoms with Gasteiger partial charge >= 0.3 is 0 Å². The van der Waals surface area contributed by atoms with E-state index in [2.05, 4.69) is 207 Å². The summed E-state index contributed by atoms with van der Waals surface area (Å²) in [4.78, 5) is 13.4. The molecule has 0 aliphatic heterocycles. The molecule has 100 heavy (non-hydrogen) atoms. The Hall–Kier alpha value is -7.12. The van der Waals surface area contributed by atoms with E-state index in [0.717, 1.165) is 19.7 Å². The van der Waals surface area contributed by atoms with Gasteiger partial charge in [0.1, 0.15) is 10.0 Å². The fraction of sp³-hybridized carbons (Fsp3) is 0.447. The molecule has 14 rings (SSSR count). The molecule has 0 atom stereocenters. The van der Waals surface area contributed by atoms with Crippen LogP contribution in [0.25, 0.3) is 108 Å². The Morgan fingerprint density at radius 2 is 0.520 bits per heavy atom. The fourth-order valence-corrected chi connectivity index (χ4v) is 20.4. The number of hydrogen-bond donors (Lipinski definition) is 0. The van der Waals surface area contributed by atoms with Gasteiger partial charge in [0.15, 0.2) is 9.66 Å². The zero-order valence-electron chi connectivity index (χ0n) is 61.2. The van der Waals surface area contributed by atoms with Crippen LogP contribution in [-0.4, -0.2) is 19.1 Å². The molecule has 0 spiro atoms. The summed E-state index contributed by atoms with van der Waals surface area (Å²) < 4.78 is 5.11. The maximum Gasteiger partial charge on any atom is 0.155 e. The molecule has 0 saturated carbocycles. The molecular formula is C94H112N4S2. The van der Waals surface area contributed by atoms with Crippen LogP contribution in [0.5, 0.6) is 0 Å². The van der Waals surface area contributed by atoms with E-state index < -0.39 is 0 Å². The van der Waals surface area contributed by atoms with Crippen LogP contribution < -0.4 is 0 Å². The first kappa shape index (κ1) is 69.9. The Labute approximate surface area is 607 Å². The van der Waals surface area contributed by atoms with Crippen molar-refractivity contribution >= 4 is 75.9 Å². The summed E-state index contributed by atoms with van der Waals surface area (Å²) in [5.74, 6) is 0. The van der Waals surface area contributed by atoms with Crippen molar-refractivity contribution < 1.29 is 0 Å². The van der Waals surface area contributed by atoms with Gasteiger partial charge in [-0.25, -0.2) is 9.97 Å². The van der Waals surface area contributed by atoms with E-state index in [9.17, 15) is 0 Å². The third kappa shape index (κ3) is 14.5. The maximum atomic E-state index is 5.63. The number of hydrogen-bond acceptors (Lipinski definition) is 4. The Kier molecular flexibility index (Phi) is 23.3. The molecular weight excluding hydrogens is 1250 g/mol. The van der Waals surface area contributed by atoms with Gasteiger partial charge in [0.05, 0.1) is 22.1 Å². The van der Waals surface area contributed by atoms with Gasteiger partial charge in [0.25, 0.3) is 0 Å². The summed E-state index contributed by atoms with van der Waals surface area (Å²) in [5, 5.41) is 7.47. The van der Waals surface area contributed by atoms with Crippen LogP contribution in [0.3, 0.4) is 0 Å². The van der Waals surface area contributed by atoms with Crippen LogP contribution in [-0.2, 0) is 10.8 Å². The second-order valence-electron chi connectivity index (χ2n) is 30.4. The van der Waals surface area contributed by atoms with Crippen molar-refractivity contribution in [3.8, 4) is 54.8 Å². The average Bonchev–Trinajstić information content (AvgIpc) is 1.56. The minimum Gasteiger partial charge on any atom is -0.309 e. The lowest BCUT2D eigenvalue weighted by Crippen LogP contribution is -2.26. The summed E-state index contributed by atoms with van der Waals surface area (Å²) in [6, 6.07) is 66.4. The highest BCUT2D eigenvalue weighted by Crippen LogP contribution is 2.58. The number of thiazole rings is 2. The second-order valence-corrected chi connectivity index (χ2v) is 32.4. The SMILES string of the molecule is CCCCCCCCCCC1(CCCCCCCCCC)c2cc(-c3nc4sc(-c5ccc6c(c5)C(CCCCCCCCCC)(CCCCCCCCCC)c5cc(-n7c8ccccc8c8ccccc87)ccc5-6)nc4s3)ccc2-c2ccc(-n3c4ccccc4c4ccccc43)cc21. The monoisotopic (exact) mass is 1360 g/mol. The molecule has 520 valence electrons. The van der Waals surface area contributed by atoms with Crippen molar-refractivity contribution in [1.82, 2.24) is 19.1 Å². The van der Waals surface area contributed by atoms with E-state index in [4.69, 9.17) is 9.97 Å². The Bertz CT molecular complexity index is 4210. The molecule has 2 aliphatic carbocycles. The van der Waals surface area contributed by atoms with Crippen LogP contribution in [0.4, 0.5) is 0 Å². The van der Waals surface area contributed by atoms with E-state index in [1.165, 1.54) is 342 Å². The molecule has 0 unspecified atom stereocenters. The number of benzene rings is 8. The second kappa shape index (κ2) is 33.3. The van der Waals surface area contributed by atoms with Crippen LogP contribution in [0, 0.1) is 0 Å². The number of fused-ring (bicyclic) bond motifs is 13. The molecule has 6 heteroatoms. The Morgan fingerprint density at radius 3 is 0.810 bits per heavy atom. The Morgan fingerprint density at radius 1 is 0.270 bits per heavy atom. The zero-order chi connectivity index (χ0) is 68.1. The third-order valence-corrected chi connectivity index (χ3v) is 25.8.